The SMILES string of the molecule is COc1cc(OC)nc(-c2cccc(C(=O)NC3CC4CCC3C4)c2)n1. The molecule has 2 aromatic rings. The predicted molar refractivity (Wildman–Crippen MR) is 97.3 cm³/mol. The maximum atomic E-state index is 12.7. The van der Waals surface area contributed by atoms with Gasteiger partial charge in [0.25, 0.3) is 5.91 Å². The third-order valence-corrected chi connectivity index (χ3v) is 5.53. The summed E-state index contributed by atoms with van der Waals surface area (Å²) in [5, 5.41) is 3.22. The second-order valence-corrected chi connectivity index (χ2v) is 7.11. The van der Waals surface area contributed by atoms with Crippen LogP contribution in [0.15, 0.2) is 30.3 Å². The monoisotopic (exact) mass is 353 g/mol. The Morgan fingerprint density at radius 3 is 2.46 bits per heavy atom. The Morgan fingerprint density at radius 2 is 1.85 bits per heavy atom. The number of carbonyl (C=O) groups excluding carboxylic acids is 1. The highest BCUT2D eigenvalue weighted by Crippen LogP contribution is 2.44. The molecule has 0 spiro atoms. The van der Waals surface area contributed by atoms with Crippen LogP contribution in [0.3, 0.4) is 0 Å². The van der Waals surface area contributed by atoms with Gasteiger partial charge in [-0.1, -0.05) is 18.6 Å². The second kappa shape index (κ2) is 6.94. The van der Waals surface area contributed by atoms with Crippen LogP contribution in [-0.4, -0.2) is 36.1 Å². The summed E-state index contributed by atoms with van der Waals surface area (Å²) in [6.45, 7) is 0. The van der Waals surface area contributed by atoms with E-state index in [-0.39, 0.29) is 5.91 Å². The molecule has 26 heavy (non-hydrogen) atoms. The Hall–Kier alpha value is -2.63. The van der Waals surface area contributed by atoms with Crippen molar-refractivity contribution < 1.29 is 14.3 Å². The number of hydrogen-bond acceptors (Lipinski definition) is 5. The number of benzene rings is 1. The number of nitrogens with zero attached hydrogens (tertiary/aromatic N) is 2. The minimum atomic E-state index is -0.0285. The summed E-state index contributed by atoms with van der Waals surface area (Å²) >= 11 is 0. The molecule has 3 unspecified atom stereocenters. The van der Waals surface area contributed by atoms with Gasteiger partial charge in [-0.05, 0) is 43.2 Å². The Bertz CT molecular complexity index is 801. The fraction of sp³-hybridized carbons (Fsp3) is 0.450. The number of rotatable bonds is 5. The first-order valence-corrected chi connectivity index (χ1v) is 9.04. The van der Waals surface area contributed by atoms with Gasteiger partial charge in [-0.25, -0.2) is 0 Å². The number of nitrogens with one attached hydrogen (secondary N) is 1. The molecule has 2 aliphatic rings. The van der Waals surface area contributed by atoms with E-state index >= 15 is 0 Å². The summed E-state index contributed by atoms with van der Waals surface area (Å²) in [5.74, 6) is 2.73. The highest BCUT2D eigenvalue weighted by atomic mass is 16.5. The van der Waals surface area contributed by atoms with Gasteiger partial charge in [-0.15, -0.1) is 0 Å². The van der Waals surface area contributed by atoms with Crippen LogP contribution in [0.1, 0.15) is 36.0 Å². The molecule has 0 radical (unpaired) electrons. The van der Waals surface area contributed by atoms with Crippen molar-refractivity contribution >= 4 is 5.91 Å². The Kier molecular flexibility index (Phi) is 4.49. The first-order chi connectivity index (χ1) is 12.7. The lowest BCUT2D eigenvalue weighted by Crippen LogP contribution is -2.38. The number of ether oxygens (including phenoxy) is 2. The quantitative estimate of drug-likeness (QED) is 0.894. The smallest absolute Gasteiger partial charge is 0.251 e. The molecule has 2 fully saturated rings. The first-order valence-electron chi connectivity index (χ1n) is 9.04. The van der Waals surface area contributed by atoms with Gasteiger partial charge < -0.3 is 14.8 Å². The lowest BCUT2D eigenvalue weighted by Gasteiger charge is -2.23. The van der Waals surface area contributed by atoms with Crippen LogP contribution < -0.4 is 14.8 Å². The van der Waals surface area contributed by atoms with E-state index in [0.717, 1.165) is 17.9 Å². The van der Waals surface area contributed by atoms with Gasteiger partial charge in [-0.3, -0.25) is 4.79 Å². The maximum Gasteiger partial charge on any atom is 0.251 e. The molecule has 6 nitrogen and oxygen atoms in total. The number of fused-ring (bicyclic) bond motifs is 2. The molecule has 2 aliphatic carbocycles. The predicted octanol–water partition coefficient (Wildman–Crippen LogP) is 3.08. The van der Waals surface area contributed by atoms with Gasteiger partial charge in [0.05, 0.1) is 20.3 Å². The summed E-state index contributed by atoms with van der Waals surface area (Å²) < 4.78 is 10.4. The van der Waals surface area contributed by atoms with Crippen molar-refractivity contribution in [3.05, 3.63) is 35.9 Å². The molecule has 1 heterocycles. The van der Waals surface area contributed by atoms with Crippen LogP contribution in [0, 0.1) is 11.8 Å². The van der Waals surface area contributed by atoms with Gasteiger partial charge >= 0.3 is 0 Å². The minimum Gasteiger partial charge on any atom is -0.481 e. The van der Waals surface area contributed by atoms with E-state index in [1.807, 2.05) is 24.3 Å². The van der Waals surface area contributed by atoms with Crippen LogP contribution in [0.4, 0.5) is 0 Å². The van der Waals surface area contributed by atoms with Crippen molar-refractivity contribution in [2.45, 2.75) is 31.7 Å². The van der Waals surface area contributed by atoms with Crippen molar-refractivity contribution in [3.8, 4) is 23.1 Å². The van der Waals surface area contributed by atoms with Crippen LogP contribution in [0.25, 0.3) is 11.4 Å². The highest BCUT2D eigenvalue weighted by Gasteiger charge is 2.40. The zero-order chi connectivity index (χ0) is 18.1. The van der Waals surface area contributed by atoms with E-state index in [9.17, 15) is 4.79 Å². The average molecular weight is 353 g/mol. The molecule has 1 aromatic carbocycles. The van der Waals surface area contributed by atoms with Crippen molar-refractivity contribution in [1.29, 1.82) is 0 Å². The molecule has 136 valence electrons. The zero-order valence-electron chi connectivity index (χ0n) is 15.1. The molecular weight excluding hydrogens is 330 g/mol. The van der Waals surface area contributed by atoms with Crippen molar-refractivity contribution in [3.63, 3.8) is 0 Å². The normalized spacial score (nSPS) is 23.7. The van der Waals surface area contributed by atoms with Crippen molar-refractivity contribution in [1.82, 2.24) is 15.3 Å². The Balaban J connectivity index is 1.55. The van der Waals surface area contributed by atoms with E-state index in [1.54, 1.807) is 20.3 Å². The highest BCUT2D eigenvalue weighted by molar-refractivity contribution is 5.95. The van der Waals surface area contributed by atoms with Crippen LogP contribution in [-0.2, 0) is 0 Å². The van der Waals surface area contributed by atoms with Crippen molar-refractivity contribution in [2.75, 3.05) is 14.2 Å². The molecule has 1 aromatic heterocycles. The van der Waals surface area contributed by atoms with Gasteiger partial charge in [-0.2, -0.15) is 9.97 Å². The fourth-order valence-corrected chi connectivity index (χ4v) is 4.21. The molecule has 3 atom stereocenters. The summed E-state index contributed by atoms with van der Waals surface area (Å²) in [6.07, 6.45) is 4.95. The van der Waals surface area contributed by atoms with Crippen molar-refractivity contribution in [2.24, 2.45) is 11.8 Å². The summed E-state index contributed by atoms with van der Waals surface area (Å²) in [6, 6.07) is 9.30. The van der Waals surface area contributed by atoms with Crippen LogP contribution in [0.5, 0.6) is 11.8 Å². The molecule has 6 heteroatoms. The number of amides is 1. The molecule has 1 amide bonds. The summed E-state index contributed by atoms with van der Waals surface area (Å²) in [4.78, 5) is 21.4. The fourth-order valence-electron chi connectivity index (χ4n) is 4.21. The second-order valence-electron chi connectivity index (χ2n) is 7.11. The van der Waals surface area contributed by atoms with E-state index in [2.05, 4.69) is 15.3 Å². The third-order valence-electron chi connectivity index (χ3n) is 5.53. The molecule has 2 saturated carbocycles. The number of aromatic nitrogens is 2. The van der Waals surface area contributed by atoms with E-state index in [4.69, 9.17) is 9.47 Å². The minimum absolute atomic E-state index is 0.0285. The third kappa shape index (κ3) is 3.23. The molecule has 1 N–H and O–H groups in total. The van der Waals surface area contributed by atoms with Crippen LogP contribution in [0.2, 0.25) is 0 Å². The molecule has 0 aliphatic heterocycles. The largest absolute Gasteiger partial charge is 0.481 e. The number of hydrogen-bond donors (Lipinski definition) is 1. The lowest BCUT2D eigenvalue weighted by atomic mass is 9.95. The summed E-state index contributed by atoms with van der Waals surface area (Å²) in [7, 11) is 3.09. The molecule has 2 bridgehead atoms. The molecule has 4 rings (SSSR count). The standard InChI is InChI=1S/C20H23N3O3/c1-25-17-11-18(26-2)23-19(22-17)14-4-3-5-15(10-14)20(24)21-16-9-12-6-7-13(16)8-12/h3-5,10-13,16H,6-9H2,1-2H3,(H,21,24). The molecular formula is C20H23N3O3. The van der Waals surface area contributed by atoms with E-state index in [1.165, 1.54) is 19.3 Å². The van der Waals surface area contributed by atoms with E-state index < -0.39 is 0 Å². The first kappa shape index (κ1) is 16.8. The van der Waals surface area contributed by atoms with Gasteiger partial charge in [0, 0.05) is 17.2 Å². The maximum absolute atomic E-state index is 12.7. The van der Waals surface area contributed by atoms with Gasteiger partial charge in [0.15, 0.2) is 5.82 Å². The van der Waals surface area contributed by atoms with Crippen LogP contribution >= 0.6 is 0 Å². The Labute approximate surface area is 153 Å². The molecule has 0 saturated heterocycles. The topological polar surface area (TPSA) is 73.3 Å². The summed E-state index contributed by atoms with van der Waals surface area (Å²) in [5.41, 5.74) is 1.37. The van der Waals surface area contributed by atoms with Gasteiger partial charge in [0.1, 0.15) is 0 Å². The number of carbonyl (C=O) groups is 1. The average Bonchev–Trinajstić information content (AvgIpc) is 3.30. The van der Waals surface area contributed by atoms with Gasteiger partial charge in [0.2, 0.25) is 11.8 Å². The zero-order valence-corrected chi connectivity index (χ0v) is 15.1. The lowest BCUT2D eigenvalue weighted by molar-refractivity contribution is 0.0923. The van der Waals surface area contributed by atoms with E-state index in [0.29, 0.717) is 35.1 Å². The Morgan fingerprint density at radius 1 is 1.08 bits per heavy atom. The number of methoxy groups -OCH3 is 2.